The van der Waals surface area contributed by atoms with Crippen molar-refractivity contribution in [1.29, 1.82) is 0 Å². The molecule has 4 heterocycles. The Morgan fingerprint density at radius 1 is 0.757 bits per heavy atom. The fourth-order valence-electron chi connectivity index (χ4n) is 3.72. The van der Waals surface area contributed by atoms with Crippen molar-refractivity contribution < 1.29 is 17.1 Å². The van der Waals surface area contributed by atoms with Crippen LogP contribution in [-0.4, -0.2) is 30.9 Å². The first kappa shape index (κ1) is 33.0. The molecule has 1 radical (unpaired) electrons. The maximum absolute atomic E-state index is 4.39. The largest absolute Gasteiger partial charge is 3.00 e. The van der Waals surface area contributed by atoms with Crippen LogP contribution >= 0.6 is 23.9 Å². The molecular formula is C28H41FeN6S2. The average molecular weight is 582 g/mol. The number of dihydropyridines is 1. The molecule has 4 aliphatic heterocycles. The van der Waals surface area contributed by atoms with Crippen LogP contribution in [0.25, 0.3) is 5.32 Å². The zero-order chi connectivity index (χ0) is 26.8. The smallest absolute Gasteiger partial charge is 0.663 e. The molecule has 0 aliphatic carbocycles. The Morgan fingerprint density at radius 3 is 1.68 bits per heavy atom. The van der Waals surface area contributed by atoms with Gasteiger partial charge in [-0.2, -0.15) is 6.20 Å². The summed E-state index contributed by atoms with van der Waals surface area (Å²) in [6, 6.07) is 0. The first-order valence-corrected chi connectivity index (χ1v) is 14.5. The summed E-state index contributed by atoms with van der Waals surface area (Å²) in [6.45, 7) is 21.0. The van der Waals surface area contributed by atoms with Crippen molar-refractivity contribution >= 4 is 23.9 Å². The summed E-state index contributed by atoms with van der Waals surface area (Å²) >= 11 is 3.42. The van der Waals surface area contributed by atoms with Gasteiger partial charge in [-0.25, -0.2) is 0 Å². The molecule has 9 heteroatoms. The Morgan fingerprint density at radius 2 is 1.27 bits per heavy atom. The molecule has 0 saturated carbocycles. The van der Waals surface area contributed by atoms with Gasteiger partial charge in [0.25, 0.3) is 0 Å². The summed E-state index contributed by atoms with van der Waals surface area (Å²) in [4.78, 5) is 4.41. The Labute approximate surface area is 244 Å². The maximum Gasteiger partial charge on any atom is 3.00 e. The van der Waals surface area contributed by atoms with Crippen LogP contribution in [0.3, 0.4) is 0 Å². The third kappa shape index (κ3) is 7.96. The van der Waals surface area contributed by atoms with E-state index in [4.69, 9.17) is 0 Å². The van der Waals surface area contributed by atoms with Gasteiger partial charge in [-0.3, -0.25) is 0 Å². The van der Waals surface area contributed by atoms with Crippen LogP contribution in [0.2, 0.25) is 0 Å². The molecule has 4 rings (SSSR count). The number of rotatable bonds is 4. The number of nitrogens with zero attached hydrogens (tertiary/aromatic N) is 5. The number of hydrogen-bond donors (Lipinski definition) is 1. The summed E-state index contributed by atoms with van der Waals surface area (Å²) in [5, 5.41) is 7.65. The third-order valence-corrected chi connectivity index (χ3v) is 7.65. The van der Waals surface area contributed by atoms with E-state index in [2.05, 4.69) is 103 Å². The van der Waals surface area contributed by atoms with E-state index < -0.39 is 0 Å². The first-order valence-electron chi connectivity index (χ1n) is 12.2. The molecule has 0 atom stereocenters. The second-order valence-electron chi connectivity index (χ2n) is 7.99. The van der Waals surface area contributed by atoms with E-state index in [0.29, 0.717) is 0 Å². The van der Waals surface area contributed by atoms with Crippen LogP contribution in [0.5, 0.6) is 0 Å². The van der Waals surface area contributed by atoms with Gasteiger partial charge in [-0.1, -0.05) is 62.0 Å². The molecule has 0 aromatic heterocycles. The van der Waals surface area contributed by atoms with Gasteiger partial charge in [0.05, 0.1) is 5.70 Å². The fraction of sp³-hybridized carbons (Fsp3) is 0.357. The molecule has 4 aliphatic rings. The summed E-state index contributed by atoms with van der Waals surface area (Å²) in [7, 11) is 0. The van der Waals surface area contributed by atoms with Crippen LogP contribution in [-0.2, 0) is 17.1 Å². The Hall–Kier alpha value is -2.06. The monoisotopic (exact) mass is 581 g/mol. The maximum atomic E-state index is 4.39. The molecular weight excluding hydrogens is 540 g/mol. The molecule has 0 unspecified atom stereocenters. The second kappa shape index (κ2) is 16.0. The molecule has 203 valence electrons. The van der Waals surface area contributed by atoms with Crippen molar-refractivity contribution in [3.05, 3.63) is 113 Å². The minimum atomic E-state index is 0. The van der Waals surface area contributed by atoms with Crippen LogP contribution in [0.1, 0.15) is 55.4 Å². The second-order valence-corrected chi connectivity index (χ2v) is 9.51. The van der Waals surface area contributed by atoms with Gasteiger partial charge in [-0.15, -0.1) is 19.0 Å². The fourth-order valence-corrected chi connectivity index (χ4v) is 4.91. The zero-order valence-corrected chi connectivity index (χ0v) is 26.4. The Kier molecular flexibility index (Phi) is 14.3. The summed E-state index contributed by atoms with van der Waals surface area (Å²) in [6.07, 6.45) is 20.1. The van der Waals surface area contributed by atoms with E-state index in [1.54, 1.807) is 23.9 Å². The molecule has 0 aromatic carbocycles. The predicted octanol–water partition coefficient (Wildman–Crippen LogP) is 8.12. The van der Waals surface area contributed by atoms with Gasteiger partial charge in [-0.05, 0) is 71.9 Å². The van der Waals surface area contributed by atoms with E-state index in [1.807, 2.05) is 56.6 Å². The van der Waals surface area contributed by atoms with Gasteiger partial charge >= 0.3 is 17.1 Å². The van der Waals surface area contributed by atoms with Crippen LogP contribution in [0.15, 0.2) is 94.4 Å². The van der Waals surface area contributed by atoms with Crippen LogP contribution in [0, 0.1) is 13.3 Å². The zero-order valence-electron chi connectivity index (χ0n) is 23.7. The Bertz CT molecular complexity index is 953. The molecule has 37 heavy (non-hydrogen) atoms. The van der Waals surface area contributed by atoms with E-state index >= 15 is 0 Å². The van der Waals surface area contributed by atoms with Gasteiger partial charge in [0.2, 0.25) is 0 Å². The van der Waals surface area contributed by atoms with Crippen molar-refractivity contribution in [1.82, 2.24) is 23.7 Å². The summed E-state index contributed by atoms with van der Waals surface area (Å²) in [5.74, 6) is 0. The van der Waals surface area contributed by atoms with E-state index in [-0.39, 0.29) is 17.1 Å². The van der Waals surface area contributed by atoms with Crippen molar-refractivity contribution in [2.75, 3.05) is 12.5 Å². The molecule has 0 saturated heterocycles. The van der Waals surface area contributed by atoms with Crippen molar-refractivity contribution in [3.63, 3.8) is 0 Å². The molecule has 6 nitrogen and oxygen atoms in total. The predicted molar refractivity (Wildman–Crippen MR) is 160 cm³/mol. The van der Waals surface area contributed by atoms with Crippen molar-refractivity contribution in [3.8, 4) is 0 Å². The normalized spacial score (nSPS) is 20.7. The standard InChI is InChI=1S/C13H18N3S.C13H17N3S.C2H6.Fe/c2*1-10-11(2)16(17-4)9-15(10)12(3)13-7-5-6-8-14-13;1-2;/h5-9,14H,1-4H3;5-9H,1-4H3;1-2H3;/q-1;-2;;+3/b2*13-12-;;. The Balaban J connectivity index is 0.000000338. The minimum absolute atomic E-state index is 0. The minimum Gasteiger partial charge on any atom is -0.663 e. The first-order chi connectivity index (χ1) is 17.3. The molecule has 0 bridgehead atoms. The quantitative estimate of drug-likeness (QED) is 0.204. The van der Waals surface area contributed by atoms with Gasteiger partial charge in [0.1, 0.15) is 0 Å². The topological polar surface area (TPSA) is 39.1 Å². The molecule has 1 N–H and O–H groups in total. The number of allylic oxidation sites excluding steroid dienone is 12. The van der Waals surface area contributed by atoms with Crippen LogP contribution < -0.4 is 5.32 Å². The molecule has 0 aromatic rings. The van der Waals surface area contributed by atoms with Gasteiger partial charge in [0.15, 0.2) is 0 Å². The summed E-state index contributed by atoms with van der Waals surface area (Å²) < 4.78 is 4.35. The average Bonchev–Trinajstić information content (AvgIpc) is 3.39. The number of nitrogens with one attached hydrogen (secondary N) is 1. The van der Waals surface area contributed by atoms with E-state index in [9.17, 15) is 0 Å². The van der Waals surface area contributed by atoms with Gasteiger partial charge in [0, 0.05) is 34.7 Å². The molecule has 0 fully saturated rings. The van der Waals surface area contributed by atoms with E-state index in [1.165, 1.54) is 28.5 Å². The molecule has 0 amide bonds. The third-order valence-electron chi connectivity index (χ3n) is 6.12. The summed E-state index contributed by atoms with van der Waals surface area (Å²) in [5.41, 5.74) is 9.59. The number of hydrogen-bond acceptors (Lipinski definition) is 7. The van der Waals surface area contributed by atoms with Crippen LogP contribution in [0.4, 0.5) is 0 Å². The van der Waals surface area contributed by atoms with Crippen molar-refractivity contribution in [2.45, 2.75) is 55.4 Å². The van der Waals surface area contributed by atoms with Crippen molar-refractivity contribution in [2.24, 2.45) is 0 Å². The van der Waals surface area contributed by atoms with Gasteiger partial charge < -0.3 is 29.0 Å². The SMILES string of the molecule is CC.CSN1[CH-]N(/C(C)=C2/C=CC=CN2)C(C)=C1C.CSN1[CH-]N(/C(C)=C2/C=CC=C[N-]2)C(C)=C1C.[Fe+3]. The molecule has 0 spiro atoms. The van der Waals surface area contributed by atoms with E-state index in [0.717, 1.165) is 17.1 Å².